The van der Waals surface area contributed by atoms with Crippen LogP contribution in [-0.2, 0) is 12.0 Å². The molecule has 5 heterocycles. The summed E-state index contributed by atoms with van der Waals surface area (Å²) in [6.45, 7) is 9.83. The minimum atomic E-state index is -2.61. The number of fused-ring (bicyclic) bond motifs is 2. The second kappa shape index (κ2) is 9.61. The van der Waals surface area contributed by atoms with Gasteiger partial charge in [-0.25, -0.2) is 18.3 Å². The number of hydrogen-bond donors (Lipinski definition) is 1. The summed E-state index contributed by atoms with van der Waals surface area (Å²) in [5.41, 5.74) is 5.07. The van der Waals surface area contributed by atoms with Crippen molar-refractivity contribution in [2.45, 2.75) is 58.0 Å². The predicted octanol–water partition coefficient (Wildman–Crippen LogP) is 3.84. The van der Waals surface area contributed by atoms with E-state index in [0.29, 0.717) is 32.1 Å². The highest BCUT2D eigenvalue weighted by Gasteiger charge is 2.46. The average Bonchev–Trinajstić information content (AvgIpc) is 3.62. The average molecular weight is 551 g/mol. The third-order valence-electron chi connectivity index (χ3n) is 7.66. The van der Waals surface area contributed by atoms with Crippen molar-refractivity contribution < 1.29 is 18.1 Å². The molecule has 40 heavy (non-hydrogen) atoms. The van der Waals surface area contributed by atoms with Crippen LogP contribution in [0.2, 0.25) is 0 Å². The van der Waals surface area contributed by atoms with Crippen LogP contribution in [0, 0.1) is 6.92 Å². The van der Waals surface area contributed by atoms with Crippen LogP contribution in [0.1, 0.15) is 54.8 Å². The Hall–Kier alpha value is -3.93. The highest BCUT2D eigenvalue weighted by molar-refractivity contribution is 5.90. The van der Waals surface area contributed by atoms with Crippen molar-refractivity contribution in [1.29, 1.82) is 0 Å². The summed E-state index contributed by atoms with van der Waals surface area (Å²) >= 11 is 0. The van der Waals surface area contributed by atoms with Crippen LogP contribution in [0.15, 0.2) is 41.3 Å². The first-order chi connectivity index (χ1) is 19.0. The van der Waals surface area contributed by atoms with E-state index >= 15 is 0 Å². The number of anilines is 1. The molecule has 2 fully saturated rings. The van der Waals surface area contributed by atoms with Crippen LogP contribution in [-0.4, -0.2) is 73.7 Å². The normalized spacial score (nSPS) is 19.2. The maximum absolute atomic E-state index is 13.9. The van der Waals surface area contributed by atoms with E-state index in [0.717, 1.165) is 33.6 Å². The van der Waals surface area contributed by atoms with Crippen LogP contribution in [0.3, 0.4) is 0 Å². The number of benzene rings is 1. The molecule has 6 rings (SSSR count). The first kappa shape index (κ1) is 26.3. The molecule has 3 aromatic heterocycles. The Kier molecular flexibility index (Phi) is 6.32. The highest BCUT2D eigenvalue weighted by atomic mass is 19.3. The SMILES string of the molecule is Cc1cc(-c2ncnn3cc(N4CCN5CC(F)(F)CC5C4)cc23)ccc1CNC(=O)c1noc(C(C)(C)C)n1. The van der Waals surface area contributed by atoms with Gasteiger partial charge in [0.1, 0.15) is 6.33 Å². The summed E-state index contributed by atoms with van der Waals surface area (Å²) in [4.78, 5) is 25.4. The van der Waals surface area contributed by atoms with Gasteiger partial charge >= 0.3 is 0 Å². The van der Waals surface area contributed by atoms with Crippen molar-refractivity contribution in [3.63, 3.8) is 0 Å². The van der Waals surface area contributed by atoms with Gasteiger partial charge in [-0.05, 0) is 30.2 Å². The Morgan fingerprint density at radius 2 is 2.05 bits per heavy atom. The molecule has 1 atom stereocenters. The van der Waals surface area contributed by atoms with Crippen molar-refractivity contribution >= 4 is 17.1 Å². The second-order valence-electron chi connectivity index (χ2n) is 11.8. The number of piperazine rings is 1. The third-order valence-corrected chi connectivity index (χ3v) is 7.66. The lowest BCUT2D eigenvalue weighted by Crippen LogP contribution is -2.50. The van der Waals surface area contributed by atoms with Gasteiger partial charge in [-0.15, -0.1) is 0 Å². The third kappa shape index (κ3) is 5.03. The van der Waals surface area contributed by atoms with E-state index in [2.05, 4.69) is 30.4 Å². The number of alkyl halides is 2. The van der Waals surface area contributed by atoms with Gasteiger partial charge in [0.15, 0.2) is 0 Å². The van der Waals surface area contributed by atoms with E-state index in [1.165, 1.54) is 6.33 Å². The predicted molar refractivity (Wildman–Crippen MR) is 144 cm³/mol. The van der Waals surface area contributed by atoms with Crippen molar-refractivity contribution in [2.75, 3.05) is 31.1 Å². The number of carbonyl (C=O) groups is 1. The summed E-state index contributed by atoms with van der Waals surface area (Å²) < 4.78 is 34.9. The van der Waals surface area contributed by atoms with E-state index < -0.39 is 11.8 Å². The van der Waals surface area contributed by atoms with E-state index in [1.54, 1.807) is 4.52 Å². The molecule has 0 radical (unpaired) electrons. The molecule has 0 aliphatic carbocycles. The standard InChI is InChI=1S/C28H32F2N8O2/c1-17-9-18(5-6-19(17)12-31-25(39)24-34-26(40-35-24)27(2,3)4)23-22-10-20(14-38(22)33-16-32-23)36-7-8-37-15-28(29,30)11-21(37)13-36/h5-6,9-10,14,16,21H,7-8,11-13,15H2,1-4H3,(H,31,39). The monoisotopic (exact) mass is 550 g/mol. The number of hydrogen-bond acceptors (Lipinski definition) is 8. The van der Waals surface area contributed by atoms with Crippen LogP contribution < -0.4 is 10.2 Å². The molecule has 2 saturated heterocycles. The molecule has 210 valence electrons. The smallest absolute Gasteiger partial charge is 0.292 e. The van der Waals surface area contributed by atoms with Crippen LogP contribution in [0.4, 0.5) is 14.5 Å². The number of nitrogens with one attached hydrogen (secondary N) is 1. The maximum atomic E-state index is 13.9. The first-order valence-corrected chi connectivity index (χ1v) is 13.4. The molecule has 0 bridgehead atoms. The van der Waals surface area contributed by atoms with Gasteiger partial charge in [0.2, 0.25) is 5.89 Å². The van der Waals surface area contributed by atoms with Crippen molar-refractivity contribution in [3.05, 3.63) is 59.6 Å². The van der Waals surface area contributed by atoms with Crippen molar-refractivity contribution in [3.8, 4) is 11.3 Å². The Morgan fingerprint density at radius 1 is 1.23 bits per heavy atom. The van der Waals surface area contributed by atoms with Crippen LogP contribution in [0.25, 0.3) is 16.8 Å². The zero-order chi connectivity index (χ0) is 28.2. The molecule has 12 heteroatoms. The topological polar surface area (TPSA) is 105 Å². The fourth-order valence-corrected chi connectivity index (χ4v) is 5.46. The zero-order valence-electron chi connectivity index (χ0n) is 23.0. The molecular formula is C28H32F2N8O2. The van der Waals surface area contributed by atoms with E-state index in [1.807, 2.05) is 63.1 Å². The molecule has 4 aromatic rings. The minimum absolute atomic E-state index is 0.00895. The van der Waals surface area contributed by atoms with Gasteiger partial charge in [0, 0.05) is 49.6 Å². The molecule has 1 N–H and O–H groups in total. The van der Waals surface area contributed by atoms with Gasteiger partial charge in [0.05, 0.1) is 29.6 Å². The first-order valence-electron chi connectivity index (χ1n) is 13.4. The summed E-state index contributed by atoms with van der Waals surface area (Å²) in [6.07, 6.45) is 3.35. The fourth-order valence-electron chi connectivity index (χ4n) is 5.46. The zero-order valence-corrected chi connectivity index (χ0v) is 23.0. The summed E-state index contributed by atoms with van der Waals surface area (Å²) in [6, 6.07) is 7.84. The Labute approximate surface area is 230 Å². The quantitative estimate of drug-likeness (QED) is 0.400. The van der Waals surface area contributed by atoms with Gasteiger partial charge < -0.3 is 14.7 Å². The summed E-state index contributed by atoms with van der Waals surface area (Å²) in [5, 5.41) is 11.1. The molecule has 0 spiro atoms. The lowest BCUT2D eigenvalue weighted by molar-refractivity contribution is 0.0125. The van der Waals surface area contributed by atoms with Gasteiger partial charge in [-0.3, -0.25) is 9.69 Å². The van der Waals surface area contributed by atoms with Crippen LogP contribution in [0.5, 0.6) is 0 Å². The molecule has 10 nitrogen and oxygen atoms in total. The van der Waals surface area contributed by atoms with E-state index in [9.17, 15) is 13.6 Å². The number of rotatable bonds is 5. The lowest BCUT2D eigenvalue weighted by atomic mass is 9.97. The number of nitrogens with zero attached hydrogens (tertiary/aromatic N) is 7. The molecule has 1 unspecified atom stereocenters. The minimum Gasteiger partial charge on any atom is -0.367 e. The molecule has 2 aliphatic rings. The van der Waals surface area contributed by atoms with Gasteiger partial charge in [-0.2, -0.15) is 10.1 Å². The van der Waals surface area contributed by atoms with Gasteiger partial charge in [-0.1, -0.05) is 38.1 Å². The van der Waals surface area contributed by atoms with E-state index in [4.69, 9.17) is 4.52 Å². The van der Waals surface area contributed by atoms with Gasteiger partial charge in [0.25, 0.3) is 17.7 Å². The number of aryl methyl sites for hydroxylation is 1. The second-order valence-corrected chi connectivity index (χ2v) is 11.8. The summed E-state index contributed by atoms with van der Waals surface area (Å²) in [7, 11) is 0. The maximum Gasteiger partial charge on any atom is 0.292 e. The number of amides is 1. The Morgan fingerprint density at radius 3 is 2.80 bits per heavy atom. The lowest BCUT2D eigenvalue weighted by Gasteiger charge is -2.37. The van der Waals surface area contributed by atoms with Crippen LogP contribution >= 0.6 is 0 Å². The molecule has 1 amide bonds. The summed E-state index contributed by atoms with van der Waals surface area (Å²) in [5.74, 6) is -2.59. The van der Waals surface area contributed by atoms with Crippen molar-refractivity contribution in [2.24, 2.45) is 0 Å². The fraction of sp³-hybridized carbons (Fsp3) is 0.464. The molecule has 2 aliphatic heterocycles. The molecule has 1 aromatic carbocycles. The molecular weight excluding hydrogens is 518 g/mol. The van der Waals surface area contributed by atoms with Crippen molar-refractivity contribution in [1.82, 2.24) is 35.0 Å². The highest BCUT2D eigenvalue weighted by Crippen LogP contribution is 2.36. The number of aromatic nitrogens is 5. The van der Waals surface area contributed by atoms with E-state index in [-0.39, 0.29) is 30.2 Å². The number of halogens is 2. The Bertz CT molecular complexity index is 1570. The largest absolute Gasteiger partial charge is 0.367 e. The molecule has 0 saturated carbocycles. The number of carbonyl (C=O) groups excluding carboxylic acids is 1. The Balaban J connectivity index is 1.18.